The van der Waals surface area contributed by atoms with Crippen LogP contribution in [0.15, 0.2) is 24.3 Å². The highest BCUT2D eigenvalue weighted by Crippen LogP contribution is 2.23. The molecule has 1 fully saturated rings. The lowest BCUT2D eigenvalue weighted by atomic mass is 10.1. The van der Waals surface area contributed by atoms with Gasteiger partial charge in [-0.05, 0) is 44.0 Å². The Bertz CT molecular complexity index is 447. The number of hydrogen-bond donors (Lipinski definition) is 1. The molecule has 104 valence electrons. The molecule has 1 aliphatic rings. The van der Waals surface area contributed by atoms with Crippen molar-refractivity contribution in [1.82, 2.24) is 4.90 Å². The Morgan fingerprint density at radius 2 is 2.16 bits per heavy atom. The molecule has 0 spiro atoms. The number of nitrogens with zero attached hydrogens (tertiary/aromatic N) is 2. The molecule has 1 amide bonds. The minimum Gasteiger partial charge on any atom is -0.359 e. The zero-order valence-corrected chi connectivity index (χ0v) is 11.8. The second kappa shape index (κ2) is 6.06. The van der Waals surface area contributed by atoms with E-state index in [0.717, 1.165) is 25.2 Å². The summed E-state index contributed by atoms with van der Waals surface area (Å²) >= 11 is 0. The Labute approximate surface area is 115 Å². The normalized spacial score (nSPS) is 20.6. The monoisotopic (exact) mass is 261 g/mol. The van der Waals surface area contributed by atoms with Crippen LogP contribution < -0.4 is 10.6 Å². The molecule has 4 heteroatoms. The number of rotatable bonds is 3. The molecule has 0 aliphatic carbocycles. The fourth-order valence-corrected chi connectivity index (χ4v) is 2.68. The van der Waals surface area contributed by atoms with E-state index in [2.05, 4.69) is 30.0 Å². The molecule has 0 radical (unpaired) electrons. The molecule has 0 aromatic heterocycles. The first kappa shape index (κ1) is 13.9. The van der Waals surface area contributed by atoms with Gasteiger partial charge in [-0.1, -0.05) is 12.1 Å². The van der Waals surface area contributed by atoms with Crippen LogP contribution in [0, 0.1) is 6.92 Å². The van der Waals surface area contributed by atoms with Crippen molar-refractivity contribution < 1.29 is 4.79 Å². The number of benzene rings is 1. The Kier molecular flexibility index (Phi) is 4.43. The number of likely N-dealkylation sites (N-methyl/N-ethyl adjacent to an activating group) is 1. The average Bonchev–Trinajstić information content (AvgIpc) is 2.53. The summed E-state index contributed by atoms with van der Waals surface area (Å²) in [6.07, 6.45) is 1.70. The number of amides is 1. The Morgan fingerprint density at radius 3 is 2.84 bits per heavy atom. The van der Waals surface area contributed by atoms with Crippen LogP contribution in [0.3, 0.4) is 0 Å². The largest absolute Gasteiger partial charge is 0.359 e. The summed E-state index contributed by atoms with van der Waals surface area (Å²) in [6.45, 7) is 4.34. The maximum atomic E-state index is 12.4. The molecule has 2 rings (SSSR count). The summed E-state index contributed by atoms with van der Waals surface area (Å²) in [5.41, 5.74) is 8.03. The van der Waals surface area contributed by atoms with E-state index in [1.54, 1.807) is 0 Å². The third-order valence-electron chi connectivity index (χ3n) is 3.70. The molecular weight excluding hydrogens is 238 g/mol. The van der Waals surface area contributed by atoms with E-state index in [9.17, 15) is 4.79 Å². The van der Waals surface area contributed by atoms with Gasteiger partial charge < -0.3 is 15.5 Å². The fourth-order valence-electron chi connectivity index (χ4n) is 2.68. The Hall–Kier alpha value is -1.55. The highest BCUT2D eigenvalue weighted by atomic mass is 16.2. The zero-order valence-electron chi connectivity index (χ0n) is 11.8. The van der Waals surface area contributed by atoms with Crippen molar-refractivity contribution in [2.75, 3.05) is 31.6 Å². The number of nitrogens with two attached hydrogens (primary N) is 1. The van der Waals surface area contributed by atoms with Gasteiger partial charge in [0.1, 0.15) is 6.04 Å². The number of carbonyl (C=O) groups is 1. The van der Waals surface area contributed by atoms with E-state index in [1.165, 1.54) is 5.56 Å². The van der Waals surface area contributed by atoms with Crippen LogP contribution in [0.4, 0.5) is 5.69 Å². The summed E-state index contributed by atoms with van der Waals surface area (Å²) in [7, 11) is 1.88. The fraction of sp³-hybridized carbons (Fsp3) is 0.533. The maximum Gasteiger partial charge on any atom is 0.245 e. The van der Waals surface area contributed by atoms with Gasteiger partial charge in [-0.25, -0.2) is 0 Å². The maximum absolute atomic E-state index is 12.4. The van der Waals surface area contributed by atoms with Gasteiger partial charge in [0.15, 0.2) is 0 Å². The molecular formula is C15H23N3O. The second-order valence-corrected chi connectivity index (χ2v) is 5.24. The minimum absolute atomic E-state index is 0.126. The summed E-state index contributed by atoms with van der Waals surface area (Å²) < 4.78 is 0. The molecule has 1 atom stereocenters. The van der Waals surface area contributed by atoms with Crippen molar-refractivity contribution >= 4 is 11.6 Å². The lowest BCUT2D eigenvalue weighted by Gasteiger charge is -2.31. The number of anilines is 1. The van der Waals surface area contributed by atoms with Gasteiger partial charge in [0.05, 0.1) is 0 Å². The Balaban J connectivity index is 2.31. The predicted molar refractivity (Wildman–Crippen MR) is 78.2 cm³/mol. The van der Waals surface area contributed by atoms with Crippen LogP contribution in [0.25, 0.3) is 0 Å². The van der Waals surface area contributed by atoms with Crippen LogP contribution in [-0.2, 0) is 4.79 Å². The van der Waals surface area contributed by atoms with Gasteiger partial charge in [0.2, 0.25) is 5.91 Å². The number of carbonyl (C=O) groups excluding carboxylic acids is 1. The molecule has 1 aromatic carbocycles. The van der Waals surface area contributed by atoms with Crippen LogP contribution in [0.2, 0.25) is 0 Å². The molecule has 4 nitrogen and oxygen atoms in total. The highest BCUT2D eigenvalue weighted by molar-refractivity contribution is 5.85. The van der Waals surface area contributed by atoms with Gasteiger partial charge in [0, 0.05) is 25.8 Å². The second-order valence-electron chi connectivity index (χ2n) is 5.24. The van der Waals surface area contributed by atoms with Crippen molar-refractivity contribution in [3.63, 3.8) is 0 Å². The topological polar surface area (TPSA) is 49.6 Å². The molecule has 19 heavy (non-hydrogen) atoms. The first-order valence-electron chi connectivity index (χ1n) is 6.92. The smallest absolute Gasteiger partial charge is 0.245 e. The SMILES string of the molecule is Cc1cccc(N2CCCN(C)C(=O)C2CCN)c1. The predicted octanol–water partition coefficient (Wildman–Crippen LogP) is 1.38. The lowest BCUT2D eigenvalue weighted by Crippen LogP contribution is -2.46. The van der Waals surface area contributed by atoms with E-state index < -0.39 is 0 Å². The quantitative estimate of drug-likeness (QED) is 0.894. The molecule has 2 N–H and O–H groups in total. The molecule has 1 aliphatic heterocycles. The van der Waals surface area contributed by atoms with Crippen molar-refractivity contribution in [2.45, 2.75) is 25.8 Å². The van der Waals surface area contributed by atoms with Gasteiger partial charge >= 0.3 is 0 Å². The summed E-state index contributed by atoms with van der Waals surface area (Å²) in [5, 5.41) is 0. The van der Waals surface area contributed by atoms with E-state index in [4.69, 9.17) is 5.73 Å². The number of hydrogen-bond acceptors (Lipinski definition) is 3. The van der Waals surface area contributed by atoms with Gasteiger partial charge in [0.25, 0.3) is 0 Å². The van der Waals surface area contributed by atoms with Gasteiger partial charge in [-0.2, -0.15) is 0 Å². The van der Waals surface area contributed by atoms with Crippen LogP contribution in [0.5, 0.6) is 0 Å². The third-order valence-corrected chi connectivity index (χ3v) is 3.70. The van der Waals surface area contributed by atoms with E-state index in [0.29, 0.717) is 13.0 Å². The van der Waals surface area contributed by atoms with Crippen molar-refractivity contribution in [1.29, 1.82) is 0 Å². The van der Waals surface area contributed by atoms with Crippen molar-refractivity contribution in [2.24, 2.45) is 5.73 Å². The standard InChI is InChI=1S/C15H23N3O/c1-12-5-3-6-13(11-12)18-10-4-9-17(2)15(19)14(18)7-8-16/h3,5-6,11,14H,4,7-10,16H2,1-2H3. The minimum atomic E-state index is -0.126. The molecule has 1 aromatic rings. The molecule has 1 heterocycles. The van der Waals surface area contributed by atoms with Crippen LogP contribution >= 0.6 is 0 Å². The lowest BCUT2D eigenvalue weighted by molar-refractivity contribution is -0.130. The summed E-state index contributed by atoms with van der Waals surface area (Å²) in [6, 6.07) is 8.22. The highest BCUT2D eigenvalue weighted by Gasteiger charge is 2.30. The van der Waals surface area contributed by atoms with Crippen molar-refractivity contribution in [3.8, 4) is 0 Å². The van der Waals surface area contributed by atoms with Crippen LogP contribution in [0.1, 0.15) is 18.4 Å². The molecule has 1 saturated heterocycles. The third kappa shape index (κ3) is 3.07. The molecule has 0 bridgehead atoms. The van der Waals surface area contributed by atoms with Crippen LogP contribution in [-0.4, -0.2) is 43.5 Å². The van der Waals surface area contributed by atoms with Crippen molar-refractivity contribution in [3.05, 3.63) is 29.8 Å². The first-order chi connectivity index (χ1) is 9.13. The van der Waals surface area contributed by atoms with E-state index in [1.807, 2.05) is 18.0 Å². The zero-order chi connectivity index (χ0) is 13.8. The Morgan fingerprint density at radius 1 is 1.37 bits per heavy atom. The first-order valence-corrected chi connectivity index (χ1v) is 6.92. The number of aryl methyl sites for hydroxylation is 1. The summed E-state index contributed by atoms with van der Waals surface area (Å²) in [5.74, 6) is 0.185. The van der Waals surface area contributed by atoms with E-state index >= 15 is 0 Å². The van der Waals surface area contributed by atoms with Gasteiger partial charge in [-0.3, -0.25) is 4.79 Å². The van der Waals surface area contributed by atoms with E-state index in [-0.39, 0.29) is 11.9 Å². The average molecular weight is 261 g/mol. The molecule has 1 unspecified atom stereocenters. The molecule has 0 saturated carbocycles. The summed E-state index contributed by atoms with van der Waals surface area (Å²) in [4.78, 5) is 16.5. The van der Waals surface area contributed by atoms with Gasteiger partial charge in [-0.15, -0.1) is 0 Å².